The molecule has 0 amide bonds. The second kappa shape index (κ2) is 6.41. The van der Waals surface area contributed by atoms with Gasteiger partial charge in [0.1, 0.15) is 0 Å². The van der Waals surface area contributed by atoms with Gasteiger partial charge in [-0.15, -0.1) is 0 Å². The summed E-state index contributed by atoms with van der Waals surface area (Å²) < 4.78 is 0. The summed E-state index contributed by atoms with van der Waals surface area (Å²) in [5.74, 6) is 0. The average Bonchev–Trinajstić information content (AvgIpc) is 2.56. The maximum atomic E-state index is 4.46. The van der Waals surface area contributed by atoms with E-state index in [-0.39, 0.29) is 6.04 Å². The van der Waals surface area contributed by atoms with E-state index in [9.17, 15) is 0 Å². The van der Waals surface area contributed by atoms with Crippen LogP contribution in [0.4, 0.5) is 0 Å². The van der Waals surface area contributed by atoms with Crippen LogP contribution in [0.3, 0.4) is 0 Å². The molecule has 2 heterocycles. The Morgan fingerprint density at radius 3 is 2.76 bits per heavy atom. The van der Waals surface area contributed by atoms with Crippen LogP contribution in [0.2, 0.25) is 0 Å². The maximum Gasteiger partial charge on any atom is 0.0802 e. The Morgan fingerprint density at radius 2 is 1.95 bits per heavy atom. The molecule has 0 aliphatic rings. The Hall–Kier alpha value is -2.33. The number of hydrogen-bond donors (Lipinski definition) is 1. The smallest absolute Gasteiger partial charge is 0.0802 e. The molecule has 0 saturated carbocycles. The fraction of sp³-hybridized carbons (Fsp3) is 0.235. The van der Waals surface area contributed by atoms with Gasteiger partial charge in [0, 0.05) is 35.7 Å². The van der Waals surface area contributed by atoms with Crippen molar-refractivity contribution in [3.63, 3.8) is 0 Å². The van der Waals surface area contributed by atoms with Crippen molar-refractivity contribution in [3.05, 3.63) is 66.5 Å². The normalized spacial score (nSPS) is 12.4. The third-order valence-electron chi connectivity index (χ3n) is 3.49. The van der Waals surface area contributed by atoms with E-state index >= 15 is 0 Å². The first-order valence-corrected chi connectivity index (χ1v) is 7.22. The van der Waals surface area contributed by atoms with E-state index in [0.29, 0.717) is 0 Å². The van der Waals surface area contributed by atoms with Gasteiger partial charge >= 0.3 is 0 Å². The highest BCUT2D eigenvalue weighted by Crippen LogP contribution is 2.26. The lowest BCUT2D eigenvalue weighted by Gasteiger charge is -2.19. The van der Waals surface area contributed by atoms with Gasteiger partial charge in [0.25, 0.3) is 0 Å². The summed E-state index contributed by atoms with van der Waals surface area (Å²) in [7, 11) is 0. The molecule has 3 rings (SSSR count). The van der Waals surface area contributed by atoms with Crippen molar-refractivity contribution in [2.75, 3.05) is 6.54 Å². The first-order chi connectivity index (χ1) is 10.4. The van der Waals surface area contributed by atoms with Crippen LogP contribution in [0.25, 0.3) is 10.8 Å². The fourth-order valence-corrected chi connectivity index (χ4v) is 2.49. The predicted octanol–water partition coefficient (Wildman–Crippen LogP) is 3.11. The molecule has 0 spiro atoms. The zero-order valence-electron chi connectivity index (χ0n) is 12.0. The Morgan fingerprint density at radius 1 is 1.05 bits per heavy atom. The molecule has 1 aromatic carbocycles. The van der Waals surface area contributed by atoms with Crippen LogP contribution in [0, 0.1) is 0 Å². The van der Waals surface area contributed by atoms with Gasteiger partial charge in [-0.05, 0) is 18.4 Å². The lowest BCUT2D eigenvalue weighted by Crippen LogP contribution is -2.24. The van der Waals surface area contributed by atoms with Gasteiger partial charge in [-0.2, -0.15) is 0 Å². The van der Waals surface area contributed by atoms with Crippen LogP contribution in [0.15, 0.2) is 55.2 Å². The van der Waals surface area contributed by atoms with Crippen molar-refractivity contribution in [2.24, 2.45) is 0 Å². The molecule has 0 aliphatic heterocycles. The molecular weight excluding hydrogens is 260 g/mol. The van der Waals surface area contributed by atoms with Gasteiger partial charge in [-0.25, -0.2) is 0 Å². The van der Waals surface area contributed by atoms with E-state index in [2.05, 4.69) is 45.4 Å². The molecule has 0 bridgehead atoms. The number of pyridine rings is 1. The molecule has 4 heteroatoms. The first kappa shape index (κ1) is 13.6. The van der Waals surface area contributed by atoms with Crippen molar-refractivity contribution in [1.82, 2.24) is 20.3 Å². The van der Waals surface area contributed by atoms with Crippen LogP contribution in [-0.4, -0.2) is 21.5 Å². The van der Waals surface area contributed by atoms with E-state index in [1.54, 1.807) is 12.4 Å². The predicted molar refractivity (Wildman–Crippen MR) is 83.9 cm³/mol. The minimum Gasteiger partial charge on any atom is -0.305 e. The third-order valence-corrected chi connectivity index (χ3v) is 3.49. The highest BCUT2D eigenvalue weighted by atomic mass is 14.9. The van der Waals surface area contributed by atoms with Gasteiger partial charge < -0.3 is 5.32 Å². The molecule has 0 aliphatic carbocycles. The van der Waals surface area contributed by atoms with Crippen LogP contribution in [-0.2, 0) is 0 Å². The molecule has 1 unspecified atom stereocenters. The van der Waals surface area contributed by atoms with Crippen molar-refractivity contribution < 1.29 is 0 Å². The third kappa shape index (κ3) is 2.90. The molecule has 1 atom stereocenters. The second-order valence-electron chi connectivity index (χ2n) is 4.97. The number of hydrogen-bond acceptors (Lipinski definition) is 4. The molecule has 21 heavy (non-hydrogen) atoms. The summed E-state index contributed by atoms with van der Waals surface area (Å²) in [5.41, 5.74) is 2.06. The van der Waals surface area contributed by atoms with Crippen LogP contribution in [0.5, 0.6) is 0 Å². The Kier molecular flexibility index (Phi) is 4.17. The van der Waals surface area contributed by atoms with Crippen molar-refractivity contribution >= 4 is 10.8 Å². The minimum absolute atomic E-state index is 0.0113. The molecule has 3 aromatic rings. The second-order valence-corrected chi connectivity index (χ2v) is 4.97. The van der Waals surface area contributed by atoms with Gasteiger partial charge in [-0.1, -0.05) is 31.2 Å². The molecule has 4 nitrogen and oxygen atoms in total. The van der Waals surface area contributed by atoms with Gasteiger partial charge in [0.15, 0.2) is 0 Å². The average molecular weight is 278 g/mol. The summed E-state index contributed by atoms with van der Waals surface area (Å²) in [6, 6.07) is 8.31. The highest BCUT2D eigenvalue weighted by Gasteiger charge is 2.17. The summed E-state index contributed by atoms with van der Waals surface area (Å²) in [6.45, 7) is 3.08. The summed E-state index contributed by atoms with van der Waals surface area (Å²) in [4.78, 5) is 13.0. The Labute approximate surface area is 124 Å². The lowest BCUT2D eigenvalue weighted by molar-refractivity contribution is 0.586. The van der Waals surface area contributed by atoms with Crippen LogP contribution < -0.4 is 5.32 Å². The van der Waals surface area contributed by atoms with Gasteiger partial charge in [0.2, 0.25) is 0 Å². The molecule has 2 aromatic heterocycles. The van der Waals surface area contributed by atoms with E-state index < -0.39 is 0 Å². The summed E-state index contributed by atoms with van der Waals surface area (Å²) >= 11 is 0. The monoisotopic (exact) mass is 278 g/mol. The largest absolute Gasteiger partial charge is 0.305 e. The number of aromatic nitrogens is 3. The van der Waals surface area contributed by atoms with E-state index in [0.717, 1.165) is 29.6 Å². The number of fused-ring (bicyclic) bond motifs is 1. The minimum atomic E-state index is 0.0113. The number of rotatable bonds is 5. The van der Waals surface area contributed by atoms with Gasteiger partial charge in [0.05, 0.1) is 17.9 Å². The Balaban J connectivity index is 2.10. The van der Waals surface area contributed by atoms with Gasteiger partial charge in [-0.3, -0.25) is 15.0 Å². The van der Waals surface area contributed by atoms with E-state index in [1.807, 2.05) is 24.7 Å². The highest BCUT2D eigenvalue weighted by molar-refractivity contribution is 5.85. The SMILES string of the molecule is CCCNC(c1cnccn1)c1cncc2ccccc12. The molecule has 0 saturated heterocycles. The zero-order valence-corrected chi connectivity index (χ0v) is 12.0. The number of nitrogens with one attached hydrogen (secondary N) is 1. The summed E-state index contributed by atoms with van der Waals surface area (Å²) in [5, 5.41) is 5.89. The molecule has 1 N–H and O–H groups in total. The molecule has 0 fully saturated rings. The lowest BCUT2D eigenvalue weighted by atomic mass is 9.99. The maximum absolute atomic E-state index is 4.46. The number of benzene rings is 1. The van der Waals surface area contributed by atoms with E-state index in [4.69, 9.17) is 0 Å². The quantitative estimate of drug-likeness (QED) is 0.779. The first-order valence-electron chi connectivity index (χ1n) is 7.22. The zero-order chi connectivity index (χ0) is 14.5. The van der Waals surface area contributed by atoms with Crippen molar-refractivity contribution in [1.29, 1.82) is 0 Å². The number of nitrogens with zero attached hydrogens (tertiary/aromatic N) is 3. The van der Waals surface area contributed by atoms with Crippen LogP contribution >= 0.6 is 0 Å². The standard InChI is InChI=1S/C17H18N4/c1-2-7-21-17(16-12-18-8-9-20-16)15-11-19-10-13-5-3-4-6-14(13)15/h3-6,8-12,17,21H,2,7H2,1H3. The van der Waals surface area contributed by atoms with E-state index in [1.165, 1.54) is 5.39 Å². The Bertz CT molecular complexity index is 707. The van der Waals surface area contributed by atoms with Crippen LogP contribution in [0.1, 0.15) is 30.6 Å². The molecule has 0 radical (unpaired) electrons. The van der Waals surface area contributed by atoms with Crippen molar-refractivity contribution in [3.8, 4) is 0 Å². The molecule has 106 valence electrons. The molecular formula is C17H18N4. The van der Waals surface area contributed by atoms with Crippen molar-refractivity contribution in [2.45, 2.75) is 19.4 Å². The fourth-order valence-electron chi connectivity index (χ4n) is 2.49. The topological polar surface area (TPSA) is 50.7 Å². The summed E-state index contributed by atoms with van der Waals surface area (Å²) in [6.07, 6.45) is 10.1.